The van der Waals surface area contributed by atoms with Gasteiger partial charge in [0, 0.05) is 0 Å². The number of aliphatic hydroxyl groups excluding tert-OH is 2. The molecular weight excluding hydrogens is 116 g/mol. The van der Waals surface area contributed by atoms with Gasteiger partial charge in [-0.05, 0) is 26.2 Å². The molecule has 0 spiro atoms. The molecule has 56 valence electrons. The molecule has 2 N–H and O–H groups in total. The number of aliphatic hydroxyl groups is 2. The number of hydrogen-bond donors (Lipinski definition) is 2. The lowest BCUT2D eigenvalue weighted by atomic mass is 10.1. The molecule has 0 aromatic carbocycles. The van der Waals surface area contributed by atoms with Crippen molar-refractivity contribution in [1.29, 1.82) is 0 Å². The minimum Gasteiger partial charge on any atom is -0.393 e. The molecule has 0 fully saturated rings. The van der Waals surface area contributed by atoms with Crippen molar-refractivity contribution in [3.05, 3.63) is 0 Å². The van der Waals surface area contributed by atoms with E-state index >= 15 is 0 Å². The van der Waals surface area contributed by atoms with Crippen molar-refractivity contribution >= 4 is 0 Å². The van der Waals surface area contributed by atoms with Gasteiger partial charge in [-0.25, -0.2) is 0 Å². The van der Waals surface area contributed by atoms with Crippen molar-refractivity contribution < 1.29 is 10.2 Å². The first-order chi connectivity index (χ1) is 4.16. The summed E-state index contributed by atoms with van der Waals surface area (Å²) in [5.74, 6) is 0. The van der Waals surface area contributed by atoms with E-state index in [1.165, 1.54) is 0 Å². The van der Waals surface area contributed by atoms with Crippen LogP contribution in [0.5, 0.6) is 0 Å². The average molecular weight is 132 g/mol. The smallest absolute Gasteiger partial charge is 0.0538 e. The Bertz CT molecular complexity index is 61.9. The summed E-state index contributed by atoms with van der Waals surface area (Å²) in [6.45, 7) is 3.68. The van der Waals surface area contributed by atoms with Gasteiger partial charge in [-0.3, -0.25) is 0 Å². The first-order valence-electron chi connectivity index (χ1n) is 3.53. The lowest BCUT2D eigenvalue weighted by Gasteiger charge is -2.07. The van der Waals surface area contributed by atoms with Gasteiger partial charge in [-0.2, -0.15) is 0 Å². The van der Waals surface area contributed by atoms with Crippen molar-refractivity contribution in [3.63, 3.8) is 0 Å². The molecule has 0 aliphatic rings. The van der Waals surface area contributed by atoms with E-state index in [2.05, 4.69) is 0 Å². The molecule has 9 heavy (non-hydrogen) atoms. The van der Waals surface area contributed by atoms with Crippen LogP contribution in [0, 0.1) is 0 Å². The summed E-state index contributed by atoms with van der Waals surface area (Å²) in [6, 6.07) is 0. The SMILES string of the molecule is CC[C@H](O)CC[C@H](C)O. The van der Waals surface area contributed by atoms with Crippen LogP contribution in [0.1, 0.15) is 33.1 Å². The normalized spacial score (nSPS) is 17.3. The summed E-state index contributed by atoms with van der Waals surface area (Å²) >= 11 is 0. The zero-order chi connectivity index (χ0) is 7.28. The molecule has 0 saturated carbocycles. The molecular formula is C7H16O2. The quantitative estimate of drug-likeness (QED) is 0.597. The summed E-state index contributed by atoms with van der Waals surface area (Å²) in [5.41, 5.74) is 0. The fraction of sp³-hybridized carbons (Fsp3) is 1.00. The van der Waals surface area contributed by atoms with Crippen molar-refractivity contribution in [1.82, 2.24) is 0 Å². The van der Waals surface area contributed by atoms with Crippen LogP contribution in [0.4, 0.5) is 0 Å². The molecule has 0 heterocycles. The minimum atomic E-state index is -0.272. The van der Waals surface area contributed by atoms with E-state index in [1.807, 2.05) is 6.92 Å². The van der Waals surface area contributed by atoms with Crippen LogP contribution in [-0.4, -0.2) is 22.4 Å². The molecule has 0 saturated heterocycles. The van der Waals surface area contributed by atoms with Crippen LogP contribution >= 0.6 is 0 Å². The zero-order valence-electron chi connectivity index (χ0n) is 6.17. The van der Waals surface area contributed by atoms with Gasteiger partial charge in [0.2, 0.25) is 0 Å². The molecule has 0 aromatic rings. The number of rotatable bonds is 4. The van der Waals surface area contributed by atoms with E-state index in [-0.39, 0.29) is 12.2 Å². The van der Waals surface area contributed by atoms with Crippen molar-refractivity contribution in [2.75, 3.05) is 0 Å². The molecule has 2 nitrogen and oxygen atoms in total. The Kier molecular flexibility index (Phi) is 4.72. The maximum Gasteiger partial charge on any atom is 0.0538 e. The van der Waals surface area contributed by atoms with Crippen molar-refractivity contribution in [2.45, 2.75) is 45.3 Å². The Morgan fingerprint density at radius 3 is 2.11 bits per heavy atom. The highest BCUT2D eigenvalue weighted by Crippen LogP contribution is 2.03. The maximum atomic E-state index is 9.00. The predicted octanol–water partition coefficient (Wildman–Crippen LogP) is 0.918. The van der Waals surface area contributed by atoms with E-state index in [1.54, 1.807) is 6.92 Å². The topological polar surface area (TPSA) is 40.5 Å². The van der Waals surface area contributed by atoms with Gasteiger partial charge in [-0.1, -0.05) is 6.92 Å². The van der Waals surface area contributed by atoms with Gasteiger partial charge >= 0.3 is 0 Å². The Hall–Kier alpha value is -0.0800. The molecule has 0 aliphatic carbocycles. The van der Waals surface area contributed by atoms with Crippen LogP contribution in [0.25, 0.3) is 0 Å². The van der Waals surface area contributed by atoms with Crippen LogP contribution in [0.2, 0.25) is 0 Å². The standard InChI is InChI=1S/C7H16O2/c1-3-7(9)5-4-6(2)8/h6-9H,3-5H2,1-2H3/t6-,7-/m0/s1. The Morgan fingerprint density at radius 1 is 1.22 bits per heavy atom. The van der Waals surface area contributed by atoms with Crippen LogP contribution in [0.3, 0.4) is 0 Å². The van der Waals surface area contributed by atoms with Gasteiger partial charge in [-0.15, -0.1) is 0 Å². The Labute approximate surface area is 56.5 Å². The molecule has 2 heteroatoms. The second kappa shape index (κ2) is 4.77. The molecule has 0 aliphatic heterocycles. The third kappa shape index (κ3) is 5.80. The Morgan fingerprint density at radius 2 is 1.78 bits per heavy atom. The van der Waals surface area contributed by atoms with Gasteiger partial charge in [0.25, 0.3) is 0 Å². The van der Waals surface area contributed by atoms with Gasteiger partial charge in [0.1, 0.15) is 0 Å². The molecule has 0 radical (unpaired) electrons. The van der Waals surface area contributed by atoms with Crippen LogP contribution < -0.4 is 0 Å². The summed E-state index contributed by atoms with van der Waals surface area (Å²) in [7, 11) is 0. The van der Waals surface area contributed by atoms with E-state index in [4.69, 9.17) is 10.2 Å². The molecule has 0 rings (SSSR count). The first kappa shape index (κ1) is 8.92. The third-order valence-electron chi connectivity index (χ3n) is 1.39. The van der Waals surface area contributed by atoms with Crippen LogP contribution in [0.15, 0.2) is 0 Å². The van der Waals surface area contributed by atoms with Gasteiger partial charge < -0.3 is 10.2 Å². The van der Waals surface area contributed by atoms with Crippen molar-refractivity contribution in [2.24, 2.45) is 0 Å². The van der Waals surface area contributed by atoms with Crippen molar-refractivity contribution in [3.8, 4) is 0 Å². The highest BCUT2D eigenvalue weighted by Gasteiger charge is 2.01. The molecule has 2 atom stereocenters. The molecule has 0 unspecified atom stereocenters. The first-order valence-corrected chi connectivity index (χ1v) is 3.53. The minimum absolute atomic E-state index is 0.223. The average Bonchev–Trinajstić information content (AvgIpc) is 1.83. The Balaban J connectivity index is 3.06. The summed E-state index contributed by atoms with van der Waals surface area (Å²) in [6.07, 6.45) is 1.71. The summed E-state index contributed by atoms with van der Waals surface area (Å²) < 4.78 is 0. The van der Waals surface area contributed by atoms with Crippen LogP contribution in [-0.2, 0) is 0 Å². The van der Waals surface area contributed by atoms with E-state index in [0.717, 1.165) is 6.42 Å². The summed E-state index contributed by atoms with van der Waals surface area (Å²) in [4.78, 5) is 0. The number of hydrogen-bond acceptors (Lipinski definition) is 2. The van der Waals surface area contributed by atoms with Gasteiger partial charge in [0.05, 0.1) is 12.2 Å². The fourth-order valence-electron chi connectivity index (χ4n) is 0.638. The lowest BCUT2D eigenvalue weighted by Crippen LogP contribution is -2.08. The second-order valence-corrected chi connectivity index (χ2v) is 2.49. The fourth-order valence-corrected chi connectivity index (χ4v) is 0.638. The highest BCUT2D eigenvalue weighted by molar-refractivity contribution is 4.55. The third-order valence-corrected chi connectivity index (χ3v) is 1.39. The monoisotopic (exact) mass is 132 g/mol. The van der Waals surface area contributed by atoms with E-state index in [9.17, 15) is 0 Å². The van der Waals surface area contributed by atoms with E-state index < -0.39 is 0 Å². The highest BCUT2D eigenvalue weighted by atomic mass is 16.3. The van der Waals surface area contributed by atoms with E-state index in [0.29, 0.717) is 12.8 Å². The molecule has 0 aromatic heterocycles. The van der Waals surface area contributed by atoms with Gasteiger partial charge in [0.15, 0.2) is 0 Å². The lowest BCUT2D eigenvalue weighted by molar-refractivity contribution is 0.120. The summed E-state index contributed by atoms with van der Waals surface area (Å²) in [5, 5.41) is 17.8. The molecule has 0 bridgehead atoms. The second-order valence-electron chi connectivity index (χ2n) is 2.49. The largest absolute Gasteiger partial charge is 0.393 e. The zero-order valence-corrected chi connectivity index (χ0v) is 6.17. The molecule has 0 amide bonds. The predicted molar refractivity (Wildman–Crippen MR) is 37.2 cm³/mol. The maximum absolute atomic E-state index is 9.00.